The summed E-state index contributed by atoms with van der Waals surface area (Å²) in [4.78, 5) is 26.7. The number of carbonyl (C=O) groups is 2. The van der Waals surface area contributed by atoms with Gasteiger partial charge in [0.15, 0.2) is 5.78 Å². The zero-order chi connectivity index (χ0) is 32.4. The van der Waals surface area contributed by atoms with Crippen LogP contribution in [0.5, 0.6) is 0 Å². The minimum atomic E-state index is -0.668. The highest BCUT2D eigenvalue weighted by atomic mass is 16.2. The second-order valence-electron chi connectivity index (χ2n) is 14.5. The Morgan fingerprint density at radius 2 is 0.822 bits per heavy atom. The number of ketones is 1. The maximum absolute atomic E-state index is 14.1. The summed E-state index contributed by atoms with van der Waals surface area (Å²) in [6.45, 7) is 4.56. The third kappa shape index (κ3) is 15.2. The molecule has 1 unspecified atom stereocenters. The minimum Gasteiger partial charge on any atom is -0.369 e. The van der Waals surface area contributed by atoms with Crippen LogP contribution >= 0.6 is 0 Å². The van der Waals surface area contributed by atoms with Crippen LogP contribution in [0.3, 0.4) is 0 Å². The van der Waals surface area contributed by atoms with Crippen LogP contribution in [0.25, 0.3) is 0 Å². The Hall–Kier alpha value is -1.64. The predicted octanol–water partition coefficient (Wildman–Crippen LogP) is 12.8. The standard InChI is InChI=1S/C42H73NO2/c1-3-5-7-9-11-13-15-17-19-21-23-25-27-29-31-39(41(43)45)40(44)42(37-32-33-38(42)35-34-37)36-30-28-26-24-22-20-18-16-14-12-10-8-6-4-2/h32-35,39H,3-31,36H2,1-2H3,(H2,43,45). The number of hydrogen-bond acceptors (Lipinski definition) is 2. The summed E-state index contributed by atoms with van der Waals surface area (Å²) in [6.07, 6.45) is 46.6. The van der Waals surface area contributed by atoms with Crippen molar-refractivity contribution >= 4 is 11.7 Å². The molecule has 0 aromatic heterocycles. The highest BCUT2D eigenvalue weighted by Gasteiger charge is 2.50. The lowest BCUT2D eigenvalue weighted by Crippen LogP contribution is -2.41. The molecule has 258 valence electrons. The molecule has 2 aliphatic rings. The molecule has 45 heavy (non-hydrogen) atoms. The van der Waals surface area contributed by atoms with Crippen molar-refractivity contribution in [3.63, 3.8) is 0 Å². The Morgan fingerprint density at radius 3 is 1.13 bits per heavy atom. The molecule has 0 aliphatic heterocycles. The van der Waals surface area contributed by atoms with Gasteiger partial charge in [-0.05, 0) is 24.0 Å². The molecule has 3 nitrogen and oxygen atoms in total. The van der Waals surface area contributed by atoms with Crippen molar-refractivity contribution in [2.45, 2.75) is 206 Å². The molecule has 0 aromatic rings. The number of allylic oxidation sites excluding steroid dienone is 6. The molecular formula is C42H73NO2. The molecule has 0 saturated heterocycles. The fraction of sp³-hybridized carbons (Fsp3) is 0.810. The number of nitrogens with two attached hydrogens (primary N) is 1. The van der Waals surface area contributed by atoms with Gasteiger partial charge in [0.05, 0.1) is 11.3 Å². The molecular weight excluding hydrogens is 550 g/mol. The van der Waals surface area contributed by atoms with Crippen molar-refractivity contribution in [3.8, 4) is 0 Å². The van der Waals surface area contributed by atoms with Gasteiger partial charge in [0, 0.05) is 0 Å². The number of unbranched alkanes of at least 4 members (excludes halogenated alkanes) is 26. The van der Waals surface area contributed by atoms with E-state index >= 15 is 0 Å². The molecule has 1 atom stereocenters. The van der Waals surface area contributed by atoms with Crippen molar-refractivity contribution in [2.24, 2.45) is 17.1 Å². The summed E-state index contributed by atoms with van der Waals surface area (Å²) in [5.41, 5.74) is 7.45. The lowest BCUT2D eigenvalue weighted by molar-refractivity contribution is -0.136. The molecule has 0 spiro atoms. The molecule has 3 heteroatoms. The van der Waals surface area contributed by atoms with Crippen LogP contribution < -0.4 is 5.73 Å². The SMILES string of the molecule is CCCCCCCCCCCCCCCCC(C(N)=O)C(=O)C1(CCCCCCCCCCCCCCCC)C2=CC=C1C=C2. The minimum absolute atomic E-state index is 0.0689. The average molecular weight is 624 g/mol. The van der Waals surface area contributed by atoms with Crippen molar-refractivity contribution < 1.29 is 9.59 Å². The van der Waals surface area contributed by atoms with Crippen molar-refractivity contribution in [1.29, 1.82) is 0 Å². The first kappa shape index (κ1) is 39.5. The fourth-order valence-electron chi connectivity index (χ4n) is 7.73. The topological polar surface area (TPSA) is 60.2 Å². The van der Waals surface area contributed by atoms with E-state index in [0.717, 1.165) is 43.3 Å². The predicted molar refractivity (Wildman–Crippen MR) is 195 cm³/mol. The molecule has 2 bridgehead atoms. The quantitative estimate of drug-likeness (QED) is 0.0584. The van der Waals surface area contributed by atoms with E-state index in [-0.39, 0.29) is 5.78 Å². The van der Waals surface area contributed by atoms with Crippen LogP contribution in [0.15, 0.2) is 35.5 Å². The summed E-state index contributed by atoms with van der Waals surface area (Å²) in [7, 11) is 0. The molecule has 0 radical (unpaired) electrons. The summed E-state index contributed by atoms with van der Waals surface area (Å²) in [5, 5.41) is 0. The second kappa shape index (κ2) is 25.4. The highest BCUT2D eigenvalue weighted by Crippen LogP contribution is 2.52. The van der Waals surface area contributed by atoms with Gasteiger partial charge in [-0.2, -0.15) is 0 Å². The Bertz CT molecular complexity index is 859. The number of amides is 1. The van der Waals surface area contributed by atoms with Gasteiger partial charge in [0.2, 0.25) is 5.91 Å². The van der Waals surface area contributed by atoms with Gasteiger partial charge in [0.1, 0.15) is 0 Å². The van der Waals surface area contributed by atoms with Crippen LogP contribution in [0.1, 0.15) is 206 Å². The van der Waals surface area contributed by atoms with E-state index in [9.17, 15) is 9.59 Å². The zero-order valence-corrected chi connectivity index (χ0v) is 30.0. The van der Waals surface area contributed by atoms with Crippen LogP contribution in [0.2, 0.25) is 0 Å². The number of primary amides is 1. The third-order valence-electron chi connectivity index (χ3n) is 10.7. The van der Waals surface area contributed by atoms with E-state index in [1.165, 1.54) is 154 Å². The lowest BCUT2D eigenvalue weighted by Gasteiger charge is -2.32. The molecule has 2 N–H and O–H groups in total. The fourth-order valence-corrected chi connectivity index (χ4v) is 7.73. The molecule has 1 amide bonds. The summed E-state index contributed by atoms with van der Waals surface area (Å²) >= 11 is 0. The second-order valence-corrected chi connectivity index (χ2v) is 14.5. The zero-order valence-electron chi connectivity index (χ0n) is 30.0. The van der Waals surface area contributed by atoms with Gasteiger partial charge in [-0.25, -0.2) is 0 Å². The van der Waals surface area contributed by atoms with Gasteiger partial charge < -0.3 is 5.73 Å². The van der Waals surface area contributed by atoms with Gasteiger partial charge in [-0.1, -0.05) is 218 Å². The maximum atomic E-state index is 14.1. The highest BCUT2D eigenvalue weighted by molar-refractivity contribution is 6.08. The number of hydrogen-bond donors (Lipinski definition) is 1. The molecule has 0 aromatic carbocycles. The Balaban J connectivity index is 1.61. The van der Waals surface area contributed by atoms with Crippen LogP contribution in [0.4, 0.5) is 0 Å². The average Bonchev–Trinajstić information content (AvgIpc) is 3.57. The smallest absolute Gasteiger partial charge is 0.228 e. The Kier molecular flexibility index (Phi) is 22.4. The van der Waals surface area contributed by atoms with Crippen LogP contribution in [-0.2, 0) is 9.59 Å². The summed E-state index contributed by atoms with van der Waals surface area (Å²) in [5.74, 6) is -1.03. The number of rotatable bonds is 33. The van der Waals surface area contributed by atoms with Crippen molar-refractivity contribution in [2.75, 3.05) is 0 Å². The van der Waals surface area contributed by atoms with Crippen LogP contribution in [0, 0.1) is 11.3 Å². The molecule has 0 fully saturated rings. The number of fused-ring (bicyclic) bond motifs is 2. The number of carbonyl (C=O) groups excluding carboxylic acids is 2. The van der Waals surface area contributed by atoms with Crippen LogP contribution in [-0.4, -0.2) is 11.7 Å². The largest absolute Gasteiger partial charge is 0.369 e. The van der Waals surface area contributed by atoms with Gasteiger partial charge >= 0.3 is 0 Å². The van der Waals surface area contributed by atoms with E-state index in [1.807, 2.05) is 0 Å². The van der Waals surface area contributed by atoms with Gasteiger partial charge in [-0.15, -0.1) is 0 Å². The van der Waals surface area contributed by atoms with E-state index in [4.69, 9.17) is 5.73 Å². The van der Waals surface area contributed by atoms with E-state index in [0.29, 0.717) is 6.42 Å². The van der Waals surface area contributed by atoms with E-state index in [2.05, 4.69) is 38.2 Å². The van der Waals surface area contributed by atoms with Crippen molar-refractivity contribution in [1.82, 2.24) is 0 Å². The van der Waals surface area contributed by atoms with E-state index < -0.39 is 17.2 Å². The molecule has 2 aliphatic carbocycles. The monoisotopic (exact) mass is 624 g/mol. The van der Waals surface area contributed by atoms with Gasteiger partial charge in [0.25, 0.3) is 0 Å². The first-order chi connectivity index (χ1) is 22.1. The first-order valence-electron chi connectivity index (χ1n) is 20.0. The Morgan fingerprint density at radius 1 is 0.511 bits per heavy atom. The summed E-state index contributed by atoms with van der Waals surface area (Å²) < 4.78 is 0. The Labute approximate surface area is 279 Å². The lowest BCUT2D eigenvalue weighted by atomic mass is 9.68. The molecule has 2 rings (SSSR count). The molecule has 0 saturated carbocycles. The van der Waals surface area contributed by atoms with Gasteiger partial charge in [-0.3, -0.25) is 9.59 Å². The first-order valence-corrected chi connectivity index (χ1v) is 20.0. The molecule has 0 heterocycles. The maximum Gasteiger partial charge on any atom is 0.228 e. The number of Topliss-reactive ketones (excluding diaryl/α,β-unsaturated/α-hetero) is 1. The normalized spacial score (nSPS) is 15.4. The third-order valence-corrected chi connectivity index (χ3v) is 10.7. The summed E-state index contributed by atoms with van der Waals surface area (Å²) in [6, 6.07) is 0. The van der Waals surface area contributed by atoms with Crippen molar-refractivity contribution in [3.05, 3.63) is 35.5 Å². The van der Waals surface area contributed by atoms with E-state index in [1.54, 1.807) is 0 Å².